The smallest absolute Gasteiger partial charge is 0.129 e. The molecule has 2 rings (SSSR count). The SMILES string of the molecule is CCC(CN)(Cc1ccc(F)cc1F)c1ccccc1. The Kier molecular flexibility index (Phi) is 4.50. The summed E-state index contributed by atoms with van der Waals surface area (Å²) in [7, 11) is 0. The van der Waals surface area contributed by atoms with Crippen molar-refractivity contribution in [3.05, 3.63) is 71.3 Å². The summed E-state index contributed by atoms with van der Waals surface area (Å²) in [6.07, 6.45) is 1.26. The first-order chi connectivity index (χ1) is 9.61. The number of rotatable bonds is 5. The molecule has 106 valence electrons. The Morgan fingerprint density at radius 2 is 1.75 bits per heavy atom. The van der Waals surface area contributed by atoms with E-state index in [4.69, 9.17) is 5.73 Å². The third-order valence-electron chi connectivity index (χ3n) is 4.00. The number of benzene rings is 2. The summed E-state index contributed by atoms with van der Waals surface area (Å²) in [5.74, 6) is -1.06. The van der Waals surface area contributed by atoms with Gasteiger partial charge in [0.05, 0.1) is 0 Å². The molecule has 0 bridgehead atoms. The van der Waals surface area contributed by atoms with E-state index in [1.807, 2.05) is 37.3 Å². The monoisotopic (exact) mass is 275 g/mol. The Labute approximate surface area is 118 Å². The Hall–Kier alpha value is -1.74. The van der Waals surface area contributed by atoms with E-state index in [9.17, 15) is 8.78 Å². The topological polar surface area (TPSA) is 26.0 Å². The summed E-state index contributed by atoms with van der Waals surface area (Å²) in [4.78, 5) is 0. The van der Waals surface area contributed by atoms with Gasteiger partial charge in [0.25, 0.3) is 0 Å². The molecule has 2 aromatic carbocycles. The number of nitrogens with two attached hydrogens (primary N) is 1. The van der Waals surface area contributed by atoms with Crippen LogP contribution in [-0.2, 0) is 11.8 Å². The standard InChI is InChI=1S/C17H19F2N/c1-2-17(12-20,14-6-4-3-5-7-14)11-13-8-9-15(18)10-16(13)19/h3-10H,2,11-12,20H2,1H3. The van der Waals surface area contributed by atoms with Crippen LogP contribution in [-0.4, -0.2) is 6.54 Å². The molecule has 0 amide bonds. The van der Waals surface area contributed by atoms with Gasteiger partial charge in [-0.1, -0.05) is 43.3 Å². The van der Waals surface area contributed by atoms with Crippen LogP contribution in [0.4, 0.5) is 8.78 Å². The average Bonchev–Trinajstić information content (AvgIpc) is 2.48. The predicted molar refractivity (Wildman–Crippen MR) is 77.5 cm³/mol. The minimum Gasteiger partial charge on any atom is -0.330 e. The van der Waals surface area contributed by atoms with Gasteiger partial charge >= 0.3 is 0 Å². The van der Waals surface area contributed by atoms with Gasteiger partial charge in [0.2, 0.25) is 0 Å². The fraction of sp³-hybridized carbons (Fsp3) is 0.294. The van der Waals surface area contributed by atoms with Crippen LogP contribution >= 0.6 is 0 Å². The lowest BCUT2D eigenvalue weighted by atomic mass is 9.73. The maximum Gasteiger partial charge on any atom is 0.129 e. The van der Waals surface area contributed by atoms with Gasteiger partial charge in [0.15, 0.2) is 0 Å². The zero-order chi connectivity index (χ0) is 14.6. The highest BCUT2D eigenvalue weighted by atomic mass is 19.1. The lowest BCUT2D eigenvalue weighted by molar-refractivity contribution is 0.409. The quantitative estimate of drug-likeness (QED) is 0.882. The molecule has 20 heavy (non-hydrogen) atoms. The van der Waals surface area contributed by atoms with E-state index in [-0.39, 0.29) is 5.41 Å². The van der Waals surface area contributed by atoms with Crippen LogP contribution in [0.25, 0.3) is 0 Å². The molecule has 0 aliphatic rings. The molecule has 0 aromatic heterocycles. The first kappa shape index (κ1) is 14.7. The highest BCUT2D eigenvalue weighted by molar-refractivity contribution is 5.31. The van der Waals surface area contributed by atoms with Crippen molar-refractivity contribution in [1.82, 2.24) is 0 Å². The van der Waals surface area contributed by atoms with Crippen molar-refractivity contribution in [3.8, 4) is 0 Å². The second-order valence-corrected chi connectivity index (χ2v) is 5.12. The lowest BCUT2D eigenvalue weighted by Gasteiger charge is -2.32. The average molecular weight is 275 g/mol. The van der Waals surface area contributed by atoms with Crippen molar-refractivity contribution in [1.29, 1.82) is 0 Å². The molecule has 1 nitrogen and oxygen atoms in total. The molecule has 0 aliphatic heterocycles. The normalized spacial score (nSPS) is 14.0. The van der Waals surface area contributed by atoms with Gasteiger partial charge in [-0.15, -0.1) is 0 Å². The van der Waals surface area contributed by atoms with Gasteiger partial charge in [-0.2, -0.15) is 0 Å². The molecule has 0 fully saturated rings. The molecule has 0 aliphatic carbocycles. The third-order valence-corrected chi connectivity index (χ3v) is 4.00. The van der Waals surface area contributed by atoms with E-state index in [0.29, 0.717) is 18.5 Å². The molecule has 0 saturated heterocycles. The van der Waals surface area contributed by atoms with Gasteiger partial charge in [-0.25, -0.2) is 8.78 Å². The molecule has 3 heteroatoms. The van der Waals surface area contributed by atoms with Crippen LogP contribution in [0.5, 0.6) is 0 Å². The van der Waals surface area contributed by atoms with Crippen LogP contribution in [0.1, 0.15) is 24.5 Å². The maximum atomic E-state index is 13.9. The highest BCUT2D eigenvalue weighted by Crippen LogP contribution is 2.32. The summed E-state index contributed by atoms with van der Waals surface area (Å²) in [5.41, 5.74) is 7.26. The molecular weight excluding hydrogens is 256 g/mol. The predicted octanol–water partition coefficient (Wildman–Crippen LogP) is 3.81. The van der Waals surface area contributed by atoms with E-state index in [1.54, 1.807) is 0 Å². The summed E-state index contributed by atoms with van der Waals surface area (Å²) in [5, 5.41) is 0. The van der Waals surface area contributed by atoms with Crippen molar-refractivity contribution in [2.45, 2.75) is 25.2 Å². The first-order valence-electron chi connectivity index (χ1n) is 6.81. The van der Waals surface area contributed by atoms with Crippen molar-refractivity contribution < 1.29 is 8.78 Å². The van der Waals surface area contributed by atoms with Crippen LogP contribution in [0, 0.1) is 11.6 Å². The lowest BCUT2D eigenvalue weighted by Crippen LogP contribution is -2.37. The fourth-order valence-electron chi connectivity index (χ4n) is 2.59. The molecule has 2 N–H and O–H groups in total. The third kappa shape index (κ3) is 2.88. The Morgan fingerprint density at radius 1 is 1.05 bits per heavy atom. The molecule has 0 heterocycles. The van der Waals surface area contributed by atoms with Crippen LogP contribution in [0.15, 0.2) is 48.5 Å². The molecule has 0 radical (unpaired) electrons. The summed E-state index contributed by atoms with van der Waals surface area (Å²) in [6.45, 7) is 2.46. The zero-order valence-electron chi connectivity index (χ0n) is 11.6. The Balaban J connectivity index is 2.39. The Bertz CT molecular complexity index is 562. The van der Waals surface area contributed by atoms with Gasteiger partial charge in [0, 0.05) is 18.0 Å². The minimum atomic E-state index is -0.555. The Morgan fingerprint density at radius 3 is 2.30 bits per heavy atom. The highest BCUT2D eigenvalue weighted by Gasteiger charge is 2.30. The van der Waals surface area contributed by atoms with Crippen molar-refractivity contribution in [3.63, 3.8) is 0 Å². The van der Waals surface area contributed by atoms with Crippen LogP contribution in [0.3, 0.4) is 0 Å². The van der Waals surface area contributed by atoms with Crippen molar-refractivity contribution >= 4 is 0 Å². The molecule has 0 spiro atoms. The maximum absolute atomic E-state index is 13.9. The number of hydrogen-bond acceptors (Lipinski definition) is 1. The number of halogens is 2. The van der Waals surface area contributed by atoms with E-state index in [2.05, 4.69) is 0 Å². The van der Waals surface area contributed by atoms with E-state index >= 15 is 0 Å². The summed E-state index contributed by atoms with van der Waals surface area (Å²) < 4.78 is 26.9. The second-order valence-electron chi connectivity index (χ2n) is 5.12. The molecule has 1 atom stereocenters. The first-order valence-corrected chi connectivity index (χ1v) is 6.81. The number of hydrogen-bond donors (Lipinski definition) is 1. The second kappa shape index (κ2) is 6.14. The van der Waals surface area contributed by atoms with Crippen molar-refractivity contribution in [2.75, 3.05) is 6.54 Å². The fourth-order valence-corrected chi connectivity index (χ4v) is 2.59. The van der Waals surface area contributed by atoms with Gasteiger partial charge < -0.3 is 5.73 Å². The summed E-state index contributed by atoms with van der Waals surface area (Å²) >= 11 is 0. The van der Waals surface area contributed by atoms with E-state index in [0.717, 1.165) is 18.1 Å². The zero-order valence-corrected chi connectivity index (χ0v) is 11.6. The van der Waals surface area contributed by atoms with Gasteiger partial charge in [0.1, 0.15) is 11.6 Å². The van der Waals surface area contributed by atoms with Crippen molar-refractivity contribution in [2.24, 2.45) is 5.73 Å². The van der Waals surface area contributed by atoms with E-state index < -0.39 is 11.6 Å². The summed E-state index contributed by atoms with van der Waals surface area (Å²) in [6, 6.07) is 13.6. The van der Waals surface area contributed by atoms with E-state index in [1.165, 1.54) is 12.1 Å². The molecular formula is C17H19F2N. The van der Waals surface area contributed by atoms with Crippen LogP contribution < -0.4 is 5.73 Å². The largest absolute Gasteiger partial charge is 0.330 e. The van der Waals surface area contributed by atoms with Gasteiger partial charge in [-0.3, -0.25) is 0 Å². The molecule has 1 unspecified atom stereocenters. The molecule has 0 saturated carbocycles. The minimum absolute atomic E-state index is 0.320. The van der Waals surface area contributed by atoms with Crippen LogP contribution in [0.2, 0.25) is 0 Å². The molecule has 2 aromatic rings. The van der Waals surface area contributed by atoms with Gasteiger partial charge in [-0.05, 0) is 30.0 Å².